The second kappa shape index (κ2) is 9.06. The van der Waals surface area contributed by atoms with Crippen molar-refractivity contribution >= 4 is 55.0 Å². The van der Waals surface area contributed by atoms with Crippen LogP contribution in [0.1, 0.15) is 19.8 Å². The lowest BCUT2D eigenvalue weighted by atomic mass is 9.97. The van der Waals surface area contributed by atoms with Crippen LogP contribution in [0.5, 0.6) is 0 Å². The number of aromatic nitrogens is 1. The van der Waals surface area contributed by atoms with Gasteiger partial charge in [-0.2, -0.15) is 4.31 Å². The molecule has 1 fully saturated rings. The fourth-order valence-corrected chi connectivity index (χ4v) is 6.43. The molecule has 0 atom stereocenters. The Morgan fingerprint density at radius 1 is 0.971 bits per heavy atom. The zero-order valence-electron chi connectivity index (χ0n) is 18.9. The highest BCUT2D eigenvalue weighted by molar-refractivity contribution is 7.89. The quantitative estimate of drug-likeness (QED) is 0.397. The Morgan fingerprint density at radius 2 is 1.65 bits per heavy atom. The number of fused-ring (bicyclic) bond motifs is 3. The zero-order chi connectivity index (χ0) is 23.9. The van der Waals surface area contributed by atoms with E-state index in [-0.39, 0.29) is 16.7 Å². The van der Waals surface area contributed by atoms with Crippen LogP contribution in [0.3, 0.4) is 0 Å². The minimum absolute atomic E-state index is 0.0675. The summed E-state index contributed by atoms with van der Waals surface area (Å²) in [7, 11) is -3.59. The molecule has 1 aliphatic rings. The average molecular weight is 496 g/mol. The molecule has 3 aromatic carbocycles. The summed E-state index contributed by atoms with van der Waals surface area (Å²) in [4.78, 5) is 13.2. The third-order valence-electron chi connectivity index (χ3n) is 6.63. The maximum absolute atomic E-state index is 13.0. The molecule has 1 aliphatic heterocycles. The van der Waals surface area contributed by atoms with Crippen LogP contribution in [0.4, 0.5) is 5.69 Å². The van der Waals surface area contributed by atoms with Gasteiger partial charge in [0.1, 0.15) is 0 Å². The lowest BCUT2D eigenvalue weighted by molar-refractivity contribution is -0.120. The van der Waals surface area contributed by atoms with E-state index in [1.807, 2.05) is 24.3 Å². The molecule has 0 unspecified atom stereocenters. The fourth-order valence-electron chi connectivity index (χ4n) is 4.83. The van der Waals surface area contributed by atoms with Gasteiger partial charge in [0.05, 0.1) is 4.90 Å². The first kappa shape index (κ1) is 22.9. The summed E-state index contributed by atoms with van der Waals surface area (Å²) in [5, 5.41) is 5.82. The molecule has 6 nitrogen and oxygen atoms in total. The number of anilines is 1. The number of carbonyl (C=O) groups is 1. The highest BCUT2D eigenvalue weighted by atomic mass is 35.5. The fraction of sp³-hybridized carbons (Fsp3) is 0.269. The van der Waals surface area contributed by atoms with Gasteiger partial charge in [0, 0.05) is 58.1 Å². The topological polar surface area (TPSA) is 71.4 Å². The smallest absolute Gasteiger partial charge is 0.243 e. The number of nitrogens with zero attached hydrogens (tertiary/aromatic N) is 2. The van der Waals surface area contributed by atoms with Crippen molar-refractivity contribution in [3.8, 4) is 0 Å². The van der Waals surface area contributed by atoms with E-state index in [9.17, 15) is 13.2 Å². The van der Waals surface area contributed by atoms with Crippen LogP contribution >= 0.6 is 11.6 Å². The molecule has 1 aromatic heterocycles. The van der Waals surface area contributed by atoms with Crippen LogP contribution in [0, 0.1) is 5.92 Å². The van der Waals surface area contributed by atoms with Crippen molar-refractivity contribution in [1.82, 2.24) is 8.87 Å². The van der Waals surface area contributed by atoms with Gasteiger partial charge in [0.15, 0.2) is 0 Å². The normalized spacial score (nSPS) is 15.7. The molecule has 1 amide bonds. The molecule has 1 saturated heterocycles. The highest BCUT2D eigenvalue weighted by Gasteiger charge is 2.32. The summed E-state index contributed by atoms with van der Waals surface area (Å²) < 4.78 is 29.5. The molecule has 0 spiro atoms. The molecular formula is C26H26ClN3O3S. The molecule has 34 heavy (non-hydrogen) atoms. The molecule has 2 heterocycles. The van der Waals surface area contributed by atoms with Gasteiger partial charge in [0.2, 0.25) is 15.9 Å². The first-order chi connectivity index (χ1) is 16.4. The van der Waals surface area contributed by atoms with E-state index < -0.39 is 10.0 Å². The summed E-state index contributed by atoms with van der Waals surface area (Å²) in [6.07, 6.45) is 0.964. The number of rotatable bonds is 5. The van der Waals surface area contributed by atoms with Crippen molar-refractivity contribution in [3.05, 3.63) is 71.8 Å². The van der Waals surface area contributed by atoms with Crippen LogP contribution in [0.2, 0.25) is 5.02 Å². The Morgan fingerprint density at radius 3 is 2.35 bits per heavy atom. The van der Waals surface area contributed by atoms with Crippen molar-refractivity contribution < 1.29 is 13.2 Å². The molecule has 1 N–H and O–H groups in total. The van der Waals surface area contributed by atoms with Crippen molar-refractivity contribution in [2.45, 2.75) is 31.2 Å². The summed E-state index contributed by atoms with van der Waals surface area (Å²) in [5.74, 6) is -0.300. The first-order valence-electron chi connectivity index (χ1n) is 11.5. The molecule has 0 bridgehead atoms. The van der Waals surface area contributed by atoms with Gasteiger partial charge >= 0.3 is 0 Å². The maximum atomic E-state index is 13.0. The van der Waals surface area contributed by atoms with Gasteiger partial charge in [-0.15, -0.1) is 0 Å². The van der Waals surface area contributed by atoms with Crippen LogP contribution in [0.25, 0.3) is 21.8 Å². The molecule has 0 radical (unpaired) electrons. The van der Waals surface area contributed by atoms with Crippen LogP contribution in [-0.2, 0) is 21.4 Å². The SMILES string of the molecule is CCn1c2ccccc2c2cc(NC(=O)C3CCN(S(=O)(=O)c4ccc(Cl)cc4)CC3)ccc21. The number of sulfonamides is 1. The Balaban J connectivity index is 1.29. The molecule has 8 heteroatoms. The lowest BCUT2D eigenvalue weighted by Crippen LogP contribution is -2.41. The largest absolute Gasteiger partial charge is 0.341 e. The number of aryl methyl sites for hydroxylation is 1. The van der Waals surface area contributed by atoms with Gasteiger partial charge in [-0.25, -0.2) is 8.42 Å². The Labute approximate surface area is 204 Å². The predicted molar refractivity (Wildman–Crippen MR) is 137 cm³/mol. The predicted octanol–water partition coefficient (Wildman–Crippen LogP) is 5.51. The molecular weight excluding hydrogens is 470 g/mol. The van der Waals surface area contributed by atoms with Crippen molar-refractivity contribution in [1.29, 1.82) is 0 Å². The van der Waals surface area contributed by atoms with E-state index >= 15 is 0 Å². The number of amides is 1. The minimum Gasteiger partial charge on any atom is -0.341 e. The Hall–Kier alpha value is -2.87. The number of hydrogen-bond donors (Lipinski definition) is 1. The number of benzene rings is 3. The lowest BCUT2D eigenvalue weighted by Gasteiger charge is -2.30. The van der Waals surface area contributed by atoms with E-state index in [2.05, 4.69) is 35.0 Å². The third-order valence-corrected chi connectivity index (χ3v) is 8.80. The number of piperidine rings is 1. The van der Waals surface area contributed by atoms with Crippen LogP contribution in [0.15, 0.2) is 71.6 Å². The average Bonchev–Trinajstić information content (AvgIpc) is 3.17. The standard InChI is InChI=1S/C26H26ClN3O3S/c1-2-30-24-6-4-3-5-22(24)23-17-20(9-12-25(23)30)28-26(31)18-13-15-29(16-14-18)34(32,33)21-10-7-19(27)8-11-21/h3-12,17-18H,2,13-16H2,1H3,(H,28,31). The van der Waals surface area contributed by atoms with E-state index in [1.165, 1.54) is 22.0 Å². The third kappa shape index (κ3) is 4.08. The monoisotopic (exact) mass is 495 g/mol. The number of para-hydroxylation sites is 1. The number of hydrogen-bond acceptors (Lipinski definition) is 3. The van der Waals surface area contributed by atoms with Crippen LogP contribution < -0.4 is 5.32 Å². The highest BCUT2D eigenvalue weighted by Crippen LogP contribution is 2.32. The minimum atomic E-state index is -3.59. The van der Waals surface area contributed by atoms with Gasteiger partial charge in [-0.1, -0.05) is 29.8 Å². The second-order valence-corrected chi connectivity index (χ2v) is 11.0. The van der Waals surface area contributed by atoms with E-state index in [1.54, 1.807) is 12.1 Å². The van der Waals surface area contributed by atoms with E-state index in [0.29, 0.717) is 31.0 Å². The van der Waals surface area contributed by atoms with Crippen molar-refractivity contribution in [2.24, 2.45) is 5.92 Å². The van der Waals surface area contributed by atoms with Crippen LogP contribution in [-0.4, -0.2) is 36.3 Å². The summed E-state index contributed by atoms with van der Waals surface area (Å²) in [6, 6.07) is 20.5. The molecule has 4 aromatic rings. The molecule has 0 aliphatic carbocycles. The van der Waals surface area contributed by atoms with E-state index in [4.69, 9.17) is 11.6 Å². The van der Waals surface area contributed by atoms with Gasteiger partial charge < -0.3 is 9.88 Å². The van der Waals surface area contributed by atoms with Crippen molar-refractivity contribution in [2.75, 3.05) is 18.4 Å². The first-order valence-corrected chi connectivity index (χ1v) is 13.3. The number of carbonyl (C=O) groups excluding carboxylic acids is 1. The zero-order valence-corrected chi connectivity index (χ0v) is 20.4. The van der Waals surface area contributed by atoms with Gasteiger partial charge in [0.25, 0.3) is 0 Å². The molecule has 0 saturated carbocycles. The summed E-state index contributed by atoms with van der Waals surface area (Å²) >= 11 is 5.88. The Kier molecular flexibility index (Phi) is 6.10. The second-order valence-electron chi connectivity index (χ2n) is 8.61. The van der Waals surface area contributed by atoms with Gasteiger partial charge in [-0.3, -0.25) is 4.79 Å². The van der Waals surface area contributed by atoms with Gasteiger partial charge in [-0.05, 0) is 68.3 Å². The van der Waals surface area contributed by atoms with Crippen molar-refractivity contribution in [3.63, 3.8) is 0 Å². The Bertz CT molecular complexity index is 1470. The molecule has 176 valence electrons. The maximum Gasteiger partial charge on any atom is 0.243 e. The molecule has 5 rings (SSSR count). The number of halogens is 1. The van der Waals surface area contributed by atoms with E-state index in [0.717, 1.165) is 28.5 Å². The number of nitrogens with one attached hydrogen (secondary N) is 1. The summed E-state index contributed by atoms with van der Waals surface area (Å²) in [5.41, 5.74) is 3.08. The summed E-state index contributed by atoms with van der Waals surface area (Å²) in [6.45, 7) is 3.62.